The van der Waals surface area contributed by atoms with Crippen LogP contribution in [0.25, 0.3) is 0 Å². The van der Waals surface area contributed by atoms with E-state index in [0.717, 1.165) is 50.5 Å². The standard InChI is InChI=1S/C26H27F3N4O2/c27-26(28,29)35-22-7-5-21(6-8-22)19-25(34)31-23-3-1-2-4-24(23)33-17-15-32(16-18-33)14-11-20-9-12-30-13-10-20/h1-10,12-13H,11,14-19H2,(H,31,34). The lowest BCUT2D eigenvalue weighted by Gasteiger charge is -2.37. The molecule has 0 aliphatic carbocycles. The Labute approximate surface area is 202 Å². The van der Waals surface area contributed by atoms with Crippen molar-refractivity contribution in [3.05, 3.63) is 84.2 Å². The second-order valence-corrected chi connectivity index (χ2v) is 8.37. The lowest BCUT2D eigenvalue weighted by Crippen LogP contribution is -2.47. The van der Waals surface area contributed by atoms with E-state index in [-0.39, 0.29) is 18.1 Å². The monoisotopic (exact) mass is 484 g/mol. The Kier molecular flexibility index (Phi) is 7.87. The largest absolute Gasteiger partial charge is 0.573 e. The summed E-state index contributed by atoms with van der Waals surface area (Å²) in [6.45, 7) is 4.55. The molecule has 0 bridgehead atoms. The van der Waals surface area contributed by atoms with Crippen LogP contribution in [0.4, 0.5) is 24.5 Å². The third kappa shape index (κ3) is 7.45. The zero-order chi connectivity index (χ0) is 24.7. The Morgan fingerprint density at radius 2 is 1.60 bits per heavy atom. The van der Waals surface area contributed by atoms with Gasteiger partial charge in [-0.1, -0.05) is 24.3 Å². The molecular formula is C26H27F3N4O2. The number of hydrogen-bond acceptors (Lipinski definition) is 5. The van der Waals surface area contributed by atoms with Crippen LogP contribution in [-0.4, -0.2) is 54.9 Å². The van der Waals surface area contributed by atoms with Crippen molar-refractivity contribution in [2.75, 3.05) is 42.9 Å². The van der Waals surface area contributed by atoms with Crippen LogP contribution >= 0.6 is 0 Å². The second-order valence-electron chi connectivity index (χ2n) is 8.37. The molecule has 1 saturated heterocycles. The number of carbonyl (C=O) groups excluding carboxylic acids is 1. The molecule has 4 rings (SSSR count). The molecule has 184 valence electrons. The van der Waals surface area contributed by atoms with Crippen LogP contribution in [-0.2, 0) is 17.6 Å². The van der Waals surface area contributed by atoms with Crippen LogP contribution in [0.2, 0.25) is 0 Å². The fraction of sp³-hybridized carbons (Fsp3) is 0.308. The maximum Gasteiger partial charge on any atom is 0.573 e. The van der Waals surface area contributed by atoms with Gasteiger partial charge in [0.15, 0.2) is 0 Å². The number of hydrogen-bond donors (Lipinski definition) is 1. The summed E-state index contributed by atoms with van der Waals surface area (Å²) in [6, 6.07) is 17.1. The van der Waals surface area contributed by atoms with E-state index in [0.29, 0.717) is 5.56 Å². The van der Waals surface area contributed by atoms with Crippen LogP contribution in [0.5, 0.6) is 5.75 Å². The Hall–Kier alpha value is -3.59. The maximum absolute atomic E-state index is 12.6. The van der Waals surface area contributed by atoms with Gasteiger partial charge in [0, 0.05) is 45.1 Å². The molecule has 0 radical (unpaired) electrons. The van der Waals surface area contributed by atoms with E-state index in [9.17, 15) is 18.0 Å². The minimum atomic E-state index is -4.74. The molecule has 1 N–H and O–H groups in total. The number of anilines is 2. The molecule has 1 aliphatic rings. The average molecular weight is 485 g/mol. The van der Waals surface area contributed by atoms with E-state index in [4.69, 9.17) is 0 Å². The molecule has 3 aromatic rings. The number of carbonyl (C=O) groups is 1. The molecule has 2 aromatic carbocycles. The minimum absolute atomic E-state index is 0.0451. The van der Waals surface area contributed by atoms with Gasteiger partial charge in [-0.05, 0) is 53.9 Å². The summed E-state index contributed by atoms with van der Waals surface area (Å²) in [4.78, 5) is 21.4. The van der Waals surface area contributed by atoms with E-state index in [1.54, 1.807) is 0 Å². The molecule has 2 heterocycles. The summed E-state index contributed by atoms with van der Waals surface area (Å²) in [7, 11) is 0. The third-order valence-electron chi connectivity index (χ3n) is 5.88. The van der Waals surface area contributed by atoms with Crippen molar-refractivity contribution in [1.82, 2.24) is 9.88 Å². The molecule has 6 nitrogen and oxygen atoms in total. The van der Waals surface area contributed by atoms with Crippen molar-refractivity contribution in [1.29, 1.82) is 0 Å². The normalized spacial score (nSPS) is 14.5. The van der Waals surface area contributed by atoms with Crippen LogP contribution in [0.1, 0.15) is 11.1 Å². The van der Waals surface area contributed by atoms with E-state index < -0.39 is 6.36 Å². The molecule has 1 aromatic heterocycles. The number of nitrogens with zero attached hydrogens (tertiary/aromatic N) is 3. The van der Waals surface area contributed by atoms with E-state index >= 15 is 0 Å². The first-order valence-electron chi connectivity index (χ1n) is 11.5. The topological polar surface area (TPSA) is 57.7 Å². The van der Waals surface area contributed by atoms with Crippen molar-refractivity contribution in [2.45, 2.75) is 19.2 Å². The van der Waals surface area contributed by atoms with Crippen molar-refractivity contribution >= 4 is 17.3 Å². The predicted molar refractivity (Wildman–Crippen MR) is 128 cm³/mol. The van der Waals surface area contributed by atoms with Crippen LogP contribution in [0.15, 0.2) is 73.1 Å². The predicted octanol–water partition coefficient (Wildman–Crippen LogP) is 4.53. The number of halogens is 3. The van der Waals surface area contributed by atoms with Gasteiger partial charge in [-0.2, -0.15) is 0 Å². The highest BCUT2D eigenvalue weighted by Gasteiger charge is 2.31. The number of aromatic nitrogens is 1. The van der Waals surface area contributed by atoms with Gasteiger partial charge in [0.05, 0.1) is 17.8 Å². The minimum Gasteiger partial charge on any atom is -0.406 e. The molecular weight excluding hydrogens is 457 g/mol. The highest BCUT2D eigenvalue weighted by Crippen LogP contribution is 2.27. The first kappa shape index (κ1) is 24.5. The maximum atomic E-state index is 12.6. The van der Waals surface area contributed by atoms with Crippen molar-refractivity contribution in [3.63, 3.8) is 0 Å². The summed E-state index contributed by atoms with van der Waals surface area (Å²) in [6.07, 6.45) is -0.0820. The van der Waals surface area contributed by atoms with Gasteiger partial charge in [0.1, 0.15) is 5.75 Å². The number of pyridine rings is 1. The number of ether oxygens (including phenoxy) is 1. The number of benzene rings is 2. The molecule has 1 amide bonds. The van der Waals surface area contributed by atoms with Gasteiger partial charge in [-0.15, -0.1) is 13.2 Å². The number of amides is 1. The molecule has 0 saturated carbocycles. The highest BCUT2D eigenvalue weighted by atomic mass is 19.4. The Balaban J connectivity index is 1.30. The zero-order valence-corrected chi connectivity index (χ0v) is 19.2. The smallest absolute Gasteiger partial charge is 0.406 e. The third-order valence-corrected chi connectivity index (χ3v) is 5.88. The van der Waals surface area contributed by atoms with Crippen molar-refractivity contribution < 1.29 is 22.7 Å². The second kappa shape index (κ2) is 11.2. The highest BCUT2D eigenvalue weighted by molar-refractivity contribution is 5.95. The number of nitrogens with one attached hydrogen (secondary N) is 1. The number of alkyl halides is 3. The number of para-hydroxylation sites is 2. The summed E-state index contributed by atoms with van der Waals surface area (Å²) in [5.74, 6) is -0.551. The first-order valence-corrected chi connectivity index (χ1v) is 11.5. The summed E-state index contributed by atoms with van der Waals surface area (Å²) in [5, 5.41) is 2.96. The van der Waals surface area contributed by atoms with E-state index in [2.05, 4.69) is 24.8 Å². The fourth-order valence-electron chi connectivity index (χ4n) is 4.09. The van der Waals surface area contributed by atoms with E-state index in [1.807, 2.05) is 48.8 Å². The van der Waals surface area contributed by atoms with Crippen molar-refractivity contribution in [2.24, 2.45) is 0 Å². The van der Waals surface area contributed by atoms with Gasteiger partial charge < -0.3 is 15.0 Å². The summed E-state index contributed by atoms with van der Waals surface area (Å²) >= 11 is 0. The molecule has 1 fully saturated rings. The number of piperazine rings is 1. The molecule has 1 aliphatic heterocycles. The fourth-order valence-corrected chi connectivity index (χ4v) is 4.09. The van der Waals surface area contributed by atoms with Gasteiger partial charge >= 0.3 is 6.36 Å². The van der Waals surface area contributed by atoms with Gasteiger partial charge in [0.2, 0.25) is 5.91 Å². The molecule has 0 spiro atoms. The quantitative estimate of drug-likeness (QED) is 0.509. The molecule has 0 atom stereocenters. The van der Waals surface area contributed by atoms with Crippen LogP contribution < -0.4 is 15.0 Å². The molecule has 0 unspecified atom stereocenters. The molecule has 35 heavy (non-hydrogen) atoms. The summed E-state index contributed by atoms with van der Waals surface area (Å²) in [5.41, 5.74) is 3.55. The van der Waals surface area contributed by atoms with Gasteiger partial charge in [0.25, 0.3) is 0 Å². The SMILES string of the molecule is O=C(Cc1ccc(OC(F)(F)F)cc1)Nc1ccccc1N1CCN(CCc2ccncc2)CC1. The van der Waals surface area contributed by atoms with Crippen molar-refractivity contribution in [3.8, 4) is 5.75 Å². The van der Waals surface area contributed by atoms with Crippen LogP contribution in [0, 0.1) is 0 Å². The summed E-state index contributed by atoms with van der Waals surface area (Å²) < 4.78 is 40.8. The number of rotatable bonds is 8. The Morgan fingerprint density at radius 3 is 2.29 bits per heavy atom. The molecule has 9 heteroatoms. The van der Waals surface area contributed by atoms with Crippen LogP contribution in [0.3, 0.4) is 0 Å². The lowest BCUT2D eigenvalue weighted by atomic mass is 10.1. The van der Waals surface area contributed by atoms with E-state index in [1.165, 1.54) is 29.8 Å². The first-order chi connectivity index (χ1) is 16.9. The van der Waals surface area contributed by atoms with Gasteiger partial charge in [-0.25, -0.2) is 0 Å². The lowest BCUT2D eigenvalue weighted by molar-refractivity contribution is -0.274. The van der Waals surface area contributed by atoms with Gasteiger partial charge in [-0.3, -0.25) is 14.7 Å². The Morgan fingerprint density at radius 1 is 0.914 bits per heavy atom. The average Bonchev–Trinajstić information content (AvgIpc) is 2.84. The zero-order valence-electron chi connectivity index (χ0n) is 19.2. The Bertz CT molecular complexity index is 1100.